The molecule has 3 fully saturated rings. The maximum atomic E-state index is 13.0. The molecule has 158 valence electrons. The van der Waals surface area contributed by atoms with E-state index in [1.165, 1.54) is 0 Å². The Morgan fingerprint density at radius 1 is 1.10 bits per heavy atom. The predicted octanol–water partition coefficient (Wildman–Crippen LogP) is 1.39. The molecule has 1 atom stereocenters. The van der Waals surface area contributed by atoms with Crippen molar-refractivity contribution in [3.05, 3.63) is 29.8 Å². The van der Waals surface area contributed by atoms with Gasteiger partial charge in [-0.25, -0.2) is 0 Å². The smallest absolute Gasteiger partial charge is 0.253 e. The minimum Gasteiger partial charge on any atom is -0.497 e. The molecule has 0 aromatic heterocycles. The number of amides is 2. The molecule has 3 aliphatic rings. The number of rotatable bonds is 5. The maximum absolute atomic E-state index is 13.0. The maximum Gasteiger partial charge on any atom is 0.253 e. The number of nitrogens with zero attached hydrogens (tertiary/aromatic N) is 2. The zero-order chi connectivity index (χ0) is 20.5. The Kier molecular flexibility index (Phi) is 5.53. The number of carbonyl (C=O) groups is 2. The van der Waals surface area contributed by atoms with Gasteiger partial charge in [-0.05, 0) is 43.5 Å². The molecule has 4 rings (SSSR count). The molecular weight excluding hydrogens is 370 g/mol. The van der Waals surface area contributed by atoms with Crippen LogP contribution < -0.4 is 10.1 Å². The summed E-state index contributed by atoms with van der Waals surface area (Å²) >= 11 is 0. The molecule has 2 amide bonds. The van der Waals surface area contributed by atoms with E-state index in [4.69, 9.17) is 9.47 Å². The molecule has 0 aliphatic carbocycles. The second kappa shape index (κ2) is 7.95. The average Bonchev–Trinajstić information content (AvgIpc) is 3.27. The van der Waals surface area contributed by atoms with Crippen LogP contribution in [-0.4, -0.2) is 81.7 Å². The molecule has 0 bridgehead atoms. The van der Waals surface area contributed by atoms with E-state index in [0.29, 0.717) is 25.3 Å². The Balaban J connectivity index is 1.48. The molecule has 7 nitrogen and oxygen atoms in total. The Hall–Kier alpha value is -2.12. The summed E-state index contributed by atoms with van der Waals surface area (Å²) in [4.78, 5) is 30.2. The van der Waals surface area contributed by atoms with Crippen molar-refractivity contribution in [2.75, 3.05) is 60.1 Å². The fourth-order valence-electron chi connectivity index (χ4n) is 5.58. The molecule has 1 aromatic rings. The van der Waals surface area contributed by atoms with E-state index in [-0.39, 0.29) is 22.6 Å². The van der Waals surface area contributed by atoms with Crippen LogP contribution >= 0.6 is 0 Å². The first kappa shape index (κ1) is 20.2. The molecule has 29 heavy (non-hydrogen) atoms. The fraction of sp³-hybridized carbons (Fsp3) is 0.636. The standard InChI is InChI=1S/C22H31N3O4/c1-28-14-13-24-15-21(22(16-24)7-10-23-20(22)27)8-11-25(12-9-21)19(26)17-3-5-18(29-2)6-4-17/h3-6H,7-16H2,1-2H3,(H,23,27)/t22-/m1/s1. The lowest BCUT2D eigenvalue weighted by atomic mass is 9.60. The molecule has 3 aliphatic heterocycles. The van der Waals surface area contributed by atoms with Crippen molar-refractivity contribution < 1.29 is 19.1 Å². The summed E-state index contributed by atoms with van der Waals surface area (Å²) in [5.41, 5.74) is 0.303. The third kappa shape index (κ3) is 3.40. The molecule has 7 heteroatoms. The highest BCUT2D eigenvalue weighted by molar-refractivity contribution is 5.94. The largest absolute Gasteiger partial charge is 0.497 e. The Morgan fingerprint density at radius 3 is 2.41 bits per heavy atom. The van der Waals surface area contributed by atoms with E-state index in [1.54, 1.807) is 14.2 Å². The highest BCUT2D eigenvalue weighted by Crippen LogP contribution is 2.56. The molecule has 1 N–H and O–H groups in total. The van der Waals surface area contributed by atoms with Crippen molar-refractivity contribution in [1.29, 1.82) is 0 Å². The van der Waals surface area contributed by atoms with Gasteiger partial charge in [0.05, 0.1) is 19.1 Å². The van der Waals surface area contributed by atoms with E-state index in [9.17, 15) is 9.59 Å². The van der Waals surface area contributed by atoms with Crippen LogP contribution in [0.25, 0.3) is 0 Å². The summed E-state index contributed by atoms with van der Waals surface area (Å²) in [7, 11) is 3.33. The van der Waals surface area contributed by atoms with Crippen LogP contribution in [0.15, 0.2) is 24.3 Å². The van der Waals surface area contributed by atoms with Gasteiger partial charge in [-0.15, -0.1) is 0 Å². The molecule has 0 saturated carbocycles. The molecule has 3 heterocycles. The SMILES string of the molecule is COCCN1CC2(CCN(C(=O)c3ccc(OC)cc3)CC2)[C@]2(CCNC2=O)C1. The second-order valence-electron chi connectivity index (χ2n) is 8.59. The van der Waals surface area contributed by atoms with Gasteiger partial charge in [0.25, 0.3) is 5.91 Å². The highest BCUT2D eigenvalue weighted by Gasteiger charge is 2.63. The Labute approximate surface area is 172 Å². The van der Waals surface area contributed by atoms with Gasteiger partial charge in [-0.3, -0.25) is 14.5 Å². The van der Waals surface area contributed by atoms with Crippen molar-refractivity contribution in [2.24, 2.45) is 10.8 Å². The van der Waals surface area contributed by atoms with Crippen molar-refractivity contribution in [3.8, 4) is 5.75 Å². The lowest BCUT2D eigenvalue weighted by molar-refractivity contribution is -0.133. The van der Waals surface area contributed by atoms with Gasteiger partial charge in [0.1, 0.15) is 5.75 Å². The van der Waals surface area contributed by atoms with Gasteiger partial charge < -0.3 is 19.7 Å². The van der Waals surface area contributed by atoms with Crippen molar-refractivity contribution in [2.45, 2.75) is 19.3 Å². The number of hydrogen-bond acceptors (Lipinski definition) is 5. The van der Waals surface area contributed by atoms with Gasteiger partial charge in [0.15, 0.2) is 0 Å². The number of benzene rings is 1. The van der Waals surface area contributed by atoms with E-state index >= 15 is 0 Å². The Morgan fingerprint density at radius 2 is 1.83 bits per heavy atom. The van der Waals surface area contributed by atoms with Gasteiger partial charge >= 0.3 is 0 Å². The third-order valence-corrected chi connectivity index (χ3v) is 7.26. The number of likely N-dealkylation sites (tertiary alicyclic amines) is 2. The normalized spacial score (nSPS) is 26.3. The number of nitrogens with one attached hydrogen (secondary N) is 1. The summed E-state index contributed by atoms with van der Waals surface area (Å²) in [5.74, 6) is 1.00. The first-order chi connectivity index (χ1) is 14.0. The number of piperidine rings is 1. The summed E-state index contributed by atoms with van der Waals surface area (Å²) in [5, 5.41) is 3.08. The number of fused-ring (bicyclic) bond motifs is 1. The summed E-state index contributed by atoms with van der Waals surface area (Å²) in [6, 6.07) is 7.28. The van der Waals surface area contributed by atoms with Gasteiger partial charge in [-0.1, -0.05) is 0 Å². The second-order valence-corrected chi connectivity index (χ2v) is 8.59. The number of hydrogen-bond donors (Lipinski definition) is 1. The molecule has 2 spiro atoms. The minimum atomic E-state index is -0.323. The lowest BCUT2D eigenvalue weighted by Crippen LogP contribution is -2.53. The average molecular weight is 402 g/mol. The third-order valence-electron chi connectivity index (χ3n) is 7.26. The summed E-state index contributed by atoms with van der Waals surface area (Å²) in [6.45, 7) is 5.38. The summed E-state index contributed by atoms with van der Waals surface area (Å²) in [6.07, 6.45) is 2.62. The highest BCUT2D eigenvalue weighted by atomic mass is 16.5. The first-order valence-electron chi connectivity index (χ1n) is 10.5. The van der Waals surface area contributed by atoms with Crippen LogP contribution in [0.1, 0.15) is 29.6 Å². The van der Waals surface area contributed by atoms with E-state index in [0.717, 1.165) is 51.2 Å². The molecule has 0 unspecified atom stereocenters. The van der Waals surface area contributed by atoms with Crippen molar-refractivity contribution in [1.82, 2.24) is 15.1 Å². The van der Waals surface area contributed by atoms with Crippen LogP contribution in [0.5, 0.6) is 5.75 Å². The Bertz CT molecular complexity index is 758. The zero-order valence-electron chi connectivity index (χ0n) is 17.4. The van der Waals surface area contributed by atoms with Gasteiger partial charge in [0.2, 0.25) is 5.91 Å². The zero-order valence-corrected chi connectivity index (χ0v) is 17.4. The molecule has 1 aromatic carbocycles. The molecule has 3 saturated heterocycles. The van der Waals surface area contributed by atoms with Crippen LogP contribution in [0.4, 0.5) is 0 Å². The summed E-state index contributed by atoms with van der Waals surface area (Å²) < 4.78 is 10.5. The van der Waals surface area contributed by atoms with Gasteiger partial charge in [-0.2, -0.15) is 0 Å². The van der Waals surface area contributed by atoms with Crippen LogP contribution in [0.2, 0.25) is 0 Å². The minimum absolute atomic E-state index is 0.0571. The van der Waals surface area contributed by atoms with E-state index in [2.05, 4.69) is 10.2 Å². The monoisotopic (exact) mass is 401 g/mol. The molecular formula is C22H31N3O4. The predicted molar refractivity (Wildman–Crippen MR) is 109 cm³/mol. The van der Waals surface area contributed by atoms with Crippen LogP contribution in [0.3, 0.4) is 0 Å². The van der Waals surface area contributed by atoms with E-state index < -0.39 is 0 Å². The first-order valence-corrected chi connectivity index (χ1v) is 10.5. The fourth-order valence-corrected chi connectivity index (χ4v) is 5.58. The molecule has 0 radical (unpaired) electrons. The van der Waals surface area contributed by atoms with Crippen molar-refractivity contribution >= 4 is 11.8 Å². The quantitative estimate of drug-likeness (QED) is 0.807. The van der Waals surface area contributed by atoms with Crippen LogP contribution in [-0.2, 0) is 9.53 Å². The van der Waals surface area contributed by atoms with Crippen molar-refractivity contribution in [3.63, 3.8) is 0 Å². The topological polar surface area (TPSA) is 71.1 Å². The number of methoxy groups -OCH3 is 2. The van der Waals surface area contributed by atoms with E-state index in [1.807, 2.05) is 29.2 Å². The number of ether oxygens (including phenoxy) is 2. The lowest BCUT2D eigenvalue weighted by Gasteiger charge is -2.46. The number of carbonyl (C=O) groups excluding carboxylic acids is 2. The van der Waals surface area contributed by atoms with Crippen LogP contribution in [0, 0.1) is 10.8 Å². The van der Waals surface area contributed by atoms with Gasteiger partial charge in [0, 0.05) is 57.4 Å².